The fourth-order valence-corrected chi connectivity index (χ4v) is 4.04. The Morgan fingerprint density at radius 2 is 1.76 bits per heavy atom. The van der Waals surface area contributed by atoms with E-state index in [9.17, 15) is 4.79 Å². The average Bonchev–Trinajstić information content (AvgIpc) is 3.23. The van der Waals surface area contributed by atoms with Gasteiger partial charge in [0.15, 0.2) is 11.5 Å². The quantitative estimate of drug-likeness (QED) is 0.675. The van der Waals surface area contributed by atoms with Crippen LogP contribution in [0.3, 0.4) is 0 Å². The van der Waals surface area contributed by atoms with E-state index in [0.29, 0.717) is 18.0 Å². The normalized spacial score (nSPS) is 16.3. The number of hydrogen-bond donors (Lipinski definition) is 0. The molecule has 1 unspecified atom stereocenters. The van der Waals surface area contributed by atoms with Gasteiger partial charge in [-0.2, -0.15) is 0 Å². The zero-order valence-electron chi connectivity index (χ0n) is 18.0. The van der Waals surface area contributed by atoms with Gasteiger partial charge < -0.3 is 14.4 Å². The summed E-state index contributed by atoms with van der Waals surface area (Å²) in [6.07, 6.45) is 3.04. The van der Waals surface area contributed by atoms with E-state index >= 15 is 0 Å². The van der Waals surface area contributed by atoms with Gasteiger partial charge in [-0.25, -0.2) is 0 Å². The van der Waals surface area contributed by atoms with Crippen LogP contribution in [0.2, 0.25) is 0 Å². The Hall–Kier alpha value is -2.53. The van der Waals surface area contributed by atoms with Crippen LogP contribution in [0.1, 0.15) is 42.5 Å². The maximum Gasteiger partial charge on any atom is 0.237 e. The van der Waals surface area contributed by atoms with E-state index in [1.807, 2.05) is 30.1 Å². The van der Waals surface area contributed by atoms with Gasteiger partial charge in [-0.3, -0.25) is 9.69 Å². The lowest BCUT2D eigenvalue weighted by atomic mass is 10.0. The van der Waals surface area contributed by atoms with E-state index in [1.54, 1.807) is 14.2 Å². The third-order valence-electron chi connectivity index (χ3n) is 5.65. The van der Waals surface area contributed by atoms with Crippen molar-refractivity contribution in [1.29, 1.82) is 0 Å². The summed E-state index contributed by atoms with van der Waals surface area (Å²) < 4.78 is 10.8. The molecule has 0 aromatic heterocycles. The Kier molecular flexibility index (Phi) is 7.15. The van der Waals surface area contributed by atoms with E-state index in [-0.39, 0.29) is 11.9 Å². The third kappa shape index (κ3) is 5.10. The van der Waals surface area contributed by atoms with Gasteiger partial charge in [0.25, 0.3) is 0 Å². The number of methoxy groups -OCH3 is 2. The first-order chi connectivity index (χ1) is 14.0. The number of nitrogens with zero attached hydrogens (tertiary/aromatic N) is 2. The number of likely N-dealkylation sites (tertiary alicyclic amines) is 1. The van der Waals surface area contributed by atoms with Gasteiger partial charge in [0.2, 0.25) is 5.91 Å². The summed E-state index contributed by atoms with van der Waals surface area (Å²) in [4.78, 5) is 17.1. The van der Waals surface area contributed by atoms with Crippen molar-refractivity contribution in [2.24, 2.45) is 0 Å². The third-order valence-corrected chi connectivity index (χ3v) is 5.65. The van der Waals surface area contributed by atoms with Crippen LogP contribution in [0.15, 0.2) is 42.5 Å². The van der Waals surface area contributed by atoms with Gasteiger partial charge in [-0.05, 0) is 55.1 Å². The van der Waals surface area contributed by atoms with Crippen LogP contribution in [-0.4, -0.2) is 50.1 Å². The lowest BCUT2D eigenvalue weighted by Gasteiger charge is -2.28. The van der Waals surface area contributed by atoms with Gasteiger partial charge in [0, 0.05) is 13.1 Å². The first-order valence-electron chi connectivity index (χ1n) is 10.3. The molecule has 1 heterocycles. The van der Waals surface area contributed by atoms with Gasteiger partial charge in [-0.1, -0.05) is 37.3 Å². The van der Waals surface area contributed by atoms with Crippen LogP contribution in [0.5, 0.6) is 11.5 Å². The second-order valence-electron chi connectivity index (χ2n) is 7.70. The van der Waals surface area contributed by atoms with Crippen LogP contribution in [0.4, 0.5) is 0 Å². The molecule has 1 atom stereocenters. The van der Waals surface area contributed by atoms with E-state index < -0.39 is 0 Å². The van der Waals surface area contributed by atoms with Crippen LogP contribution in [-0.2, 0) is 17.8 Å². The second-order valence-corrected chi connectivity index (χ2v) is 7.70. The van der Waals surface area contributed by atoms with Gasteiger partial charge in [0.1, 0.15) is 0 Å². The number of likely N-dealkylation sites (N-methyl/N-ethyl adjacent to an activating group) is 1. The lowest BCUT2D eigenvalue weighted by molar-refractivity contribution is -0.133. The zero-order chi connectivity index (χ0) is 20.8. The first kappa shape index (κ1) is 21.2. The van der Waals surface area contributed by atoms with Crippen molar-refractivity contribution in [1.82, 2.24) is 9.80 Å². The Morgan fingerprint density at radius 1 is 1.07 bits per heavy atom. The molecular weight excluding hydrogens is 364 g/mol. The molecular formula is C24H32N2O3. The molecule has 29 heavy (non-hydrogen) atoms. The van der Waals surface area contributed by atoms with Gasteiger partial charge >= 0.3 is 0 Å². The van der Waals surface area contributed by atoms with E-state index in [1.165, 1.54) is 11.1 Å². The zero-order valence-corrected chi connectivity index (χ0v) is 18.0. The smallest absolute Gasteiger partial charge is 0.237 e. The minimum atomic E-state index is 0.0968. The standard InChI is InChI=1S/C24H32N2O3/c1-5-18-8-10-19(11-9-18)16-25(2)17-24(27)26-14-6-7-21(26)20-12-13-22(28-3)23(15-20)29-4/h8-13,15,21H,5-7,14,16-17H2,1-4H3. The summed E-state index contributed by atoms with van der Waals surface area (Å²) in [5.74, 6) is 1.59. The highest BCUT2D eigenvalue weighted by Crippen LogP contribution is 2.36. The Labute approximate surface area is 174 Å². The highest BCUT2D eigenvalue weighted by atomic mass is 16.5. The Bertz CT molecular complexity index is 819. The maximum atomic E-state index is 13.0. The molecule has 2 aromatic carbocycles. The highest BCUT2D eigenvalue weighted by Gasteiger charge is 2.30. The Morgan fingerprint density at radius 3 is 2.41 bits per heavy atom. The summed E-state index contributed by atoms with van der Waals surface area (Å²) in [5, 5.41) is 0. The van der Waals surface area contributed by atoms with Crippen molar-refractivity contribution in [3.63, 3.8) is 0 Å². The summed E-state index contributed by atoms with van der Waals surface area (Å²) in [6, 6.07) is 14.7. The topological polar surface area (TPSA) is 42.0 Å². The predicted octanol–water partition coefficient (Wildman–Crippen LogP) is 4.06. The molecule has 5 heteroatoms. The molecule has 1 saturated heterocycles. The molecule has 2 aromatic rings. The molecule has 1 aliphatic heterocycles. The highest BCUT2D eigenvalue weighted by molar-refractivity contribution is 5.79. The summed E-state index contributed by atoms with van der Waals surface area (Å²) >= 11 is 0. The lowest BCUT2D eigenvalue weighted by Crippen LogP contribution is -2.38. The van der Waals surface area contributed by atoms with E-state index in [0.717, 1.165) is 37.9 Å². The molecule has 0 bridgehead atoms. The minimum Gasteiger partial charge on any atom is -0.493 e. The molecule has 5 nitrogen and oxygen atoms in total. The molecule has 0 N–H and O–H groups in total. The fourth-order valence-electron chi connectivity index (χ4n) is 4.04. The first-order valence-corrected chi connectivity index (χ1v) is 10.3. The number of benzene rings is 2. The monoisotopic (exact) mass is 396 g/mol. The number of hydrogen-bond acceptors (Lipinski definition) is 4. The van der Waals surface area contributed by atoms with Crippen molar-refractivity contribution >= 4 is 5.91 Å². The van der Waals surface area contributed by atoms with Crippen molar-refractivity contribution in [3.05, 3.63) is 59.2 Å². The molecule has 1 amide bonds. The number of aryl methyl sites for hydroxylation is 1. The van der Waals surface area contributed by atoms with Gasteiger partial charge in [0.05, 0.1) is 26.8 Å². The number of carbonyl (C=O) groups is 1. The van der Waals surface area contributed by atoms with Crippen LogP contribution in [0.25, 0.3) is 0 Å². The molecule has 0 spiro atoms. The number of ether oxygens (including phenoxy) is 2. The van der Waals surface area contributed by atoms with Gasteiger partial charge in [-0.15, -0.1) is 0 Å². The molecule has 0 radical (unpaired) electrons. The fraction of sp³-hybridized carbons (Fsp3) is 0.458. The number of carbonyl (C=O) groups excluding carboxylic acids is 1. The average molecular weight is 397 g/mol. The van der Waals surface area contributed by atoms with Crippen molar-refractivity contribution in [2.75, 3.05) is 34.4 Å². The van der Waals surface area contributed by atoms with Crippen molar-refractivity contribution in [3.8, 4) is 11.5 Å². The van der Waals surface area contributed by atoms with Crippen LogP contribution < -0.4 is 9.47 Å². The molecule has 0 aliphatic carbocycles. The molecule has 1 fully saturated rings. The summed E-state index contributed by atoms with van der Waals surface area (Å²) in [7, 11) is 5.28. The van der Waals surface area contributed by atoms with Crippen LogP contribution in [0, 0.1) is 0 Å². The van der Waals surface area contributed by atoms with Crippen molar-refractivity contribution in [2.45, 2.75) is 38.8 Å². The number of rotatable bonds is 8. The molecule has 1 aliphatic rings. The van der Waals surface area contributed by atoms with Crippen molar-refractivity contribution < 1.29 is 14.3 Å². The second kappa shape index (κ2) is 9.79. The van der Waals surface area contributed by atoms with E-state index in [4.69, 9.17) is 9.47 Å². The number of amides is 1. The van der Waals surface area contributed by atoms with Crippen LogP contribution >= 0.6 is 0 Å². The maximum absolute atomic E-state index is 13.0. The SMILES string of the molecule is CCc1ccc(CN(C)CC(=O)N2CCCC2c2ccc(OC)c(OC)c2)cc1. The van der Waals surface area contributed by atoms with E-state index in [2.05, 4.69) is 36.1 Å². The largest absolute Gasteiger partial charge is 0.493 e. The predicted molar refractivity (Wildman–Crippen MR) is 115 cm³/mol. The minimum absolute atomic E-state index is 0.0968. The molecule has 3 rings (SSSR count). The summed E-state index contributed by atoms with van der Waals surface area (Å²) in [6.45, 7) is 4.14. The Balaban J connectivity index is 1.64. The summed E-state index contributed by atoms with van der Waals surface area (Å²) in [5.41, 5.74) is 3.67. The molecule has 156 valence electrons. The molecule has 0 saturated carbocycles.